The molecule has 0 aliphatic carbocycles. The van der Waals surface area contributed by atoms with Crippen LogP contribution in [0.25, 0.3) is 0 Å². The first-order chi connectivity index (χ1) is 14.1. The van der Waals surface area contributed by atoms with E-state index in [0.29, 0.717) is 70.3 Å². The Morgan fingerprint density at radius 3 is 2.38 bits per heavy atom. The van der Waals surface area contributed by atoms with Crippen LogP contribution in [0.4, 0.5) is 10.5 Å². The maximum atomic E-state index is 12.6. The van der Waals surface area contributed by atoms with Crippen molar-refractivity contribution < 1.29 is 23.9 Å². The highest BCUT2D eigenvalue weighted by atomic mass is 16.5. The van der Waals surface area contributed by atoms with E-state index in [0.717, 1.165) is 0 Å². The molecule has 2 aliphatic rings. The highest BCUT2D eigenvalue weighted by Gasteiger charge is 2.25. The number of rotatable bonds is 5. The zero-order valence-corrected chi connectivity index (χ0v) is 16.8. The van der Waals surface area contributed by atoms with Gasteiger partial charge in [0.2, 0.25) is 5.91 Å². The number of carbonyl (C=O) groups is 3. The summed E-state index contributed by atoms with van der Waals surface area (Å²) in [7, 11) is 0. The van der Waals surface area contributed by atoms with E-state index in [-0.39, 0.29) is 18.5 Å². The molecule has 2 saturated heterocycles. The predicted octanol–water partition coefficient (Wildman–Crippen LogP) is 0.872. The lowest BCUT2D eigenvalue weighted by Crippen LogP contribution is -2.53. The van der Waals surface area contributed by atoms with Crippen molar-refractivity contribution in [2.75, 3.05) is 71.0 Å². The molecule has 1 aromatic rings. The van der Waals surface area contributed by atoms with Crippen molar-refractivity contribution in [3.63, 3.8) is 0 Å². The normalized spacial score (nSPS) is 17.7. The first-order valence-electron chi connectivity index (χ1n) is 9.98. The Morgan fingerprint density at radius 2 is 1.69 bits per heavy atom. The SMILES string of the molecule is CCOC(=O)c1ccccc1NC(=O)N1CCN(CC(=O)N2CCOCC2)CC1. The number of urea groups is 1. The maximum Gasteiger partial charge on any atom is 0.340 e. The summed E-state index contributed by atoms with van der Waals surface area (Å²) in [6.45, 7) is 7.12. The highest BCUT2D eigenvalue weighted by Crippen LogP contribution is 2.17. The lowest BCUT2D eigenvalue weighted by Gasteiger charge is -2.36. The number of nitrogens with one attached hydrogen (secondary N) is 1. The molecule has 0 atom stereocenters. The molecular formula is C20H28N4O5. The third kappa shape index (κ3) is 5.68. The number of nitrogens with zero attached hydrogens (tertiary/aromatic N) is 3. The molecule has 0 saturated carbocycles. The molecule has 2 aliphatic heterocycles. The maximum absolute atomic E-state index is 12.6. The van der Waals surface area contributed by atoms with Crippen molar-refractivity contribution in [1.82, 2.24) is 14.7 Å². The van der Waals surface area contributed by atoms with Gasteiger partial charge in [0.1, 0.15) is 0 Å². The second kappa shape index (κ2) is 10.2. The molecule has 0 aromatic heterocycles. The summed E-state index contributed by atoms with van der Waals surface area (Å²) in [4.78, 5) is 42.6. The summed E-state index contributed by atoms with van der Waals surface area (Å²) in [6, 6.07) is 6.53. The molecular weight excluding hydrogens is 376 g/mol. The van der Waals surface area contributed by atoms with Crippen LogP contribution in [0.3, 0.4) is 0 Å². The first kappa shape index (κ1) is 21.1. The monoisotopic (exact) mass is 404 g/mol. The number of piperazine rings is 1. The summed E-state index contributed by atoms with van der Waals surface area (Å²) >= 11 is 0. The van der Waals surface area contributed by atoms with Gasteiger partial charge in [-0.1, -0.05) is 12.1 Å². The summed E-state index contributed by atoms with van der Waals surface area (Å²) < 4.78 is 10.3. The van der Waals surface area contributed by atoms with Crippen molar-refractivity contribution in [2.45, 2.75) is 6.92 Å². The van der Waals surface area contributed by atoms with E-state index in [1.807, 2.05) is 4.90 Å². The Labute approximate surface area is 170 Å². The van der Waals surface area contributed by atoms with E-state index >= 15 is 0 Å². The molecule has 0 bridgehead atoms. The van der Waals surface area contributed by atoms with Crippen LogP contribution in [-0.2, 0) is 14.3 Å². The molecule has 1 N–H and O–H groups in total. The molecule has 2 fully saturated rings. The number of anilines is 1. The van der Waals surface area contributed by atoms with Crippen molar-refractivity contribution in [2.24, 2.45) is 0 Å². The number of para-hydroxylation sites is 1. The zero-order chi connectivity index (χ0) is 20.6. The van der Waals surface area contributed by atoms with Crippen molar-refractivity contribution >= 4 is 23.6 Å². The minimum absolute atomic E-state index is 0.106. The molecule has 29 heavy (non-hydrogen) atoms. The minimum atomic E-state index is -0.463. The highest BCUT2D eigenvalue weighted by molar-refractivity contribution is 6.00. The quantitative estimate of drug-likeness (QED) is 0.733. The van der Waals surface area contributed by atoms with Crippen LogP contribution in [0.5, 0.6) is 0 Å². The number of hydrogen-bond donors (Lipinski definition) is 1. The van der Waals surface area contributed by atoms with Gasteiger partial charge in [-0.2, -0.15) is 0 Å². The molecule has 9 nitrogen and oxygen atoms in total. The number of esters is 1. The molecule has 0 radical (unpaired) electrons. The number of carbonyl (C=O) groups excluding carboxylic acids is 3. The van der Waals surface area contributed by atoms with Gasteiger partial charge in [0.15, 0.2) is 0 Å². The minimum Gasteiger partial charge on any atom is -0.462 e. The standard InChI is InChI=1S/C20H28N4O5/c1-2-29-19(26)16-5-3-4-6-17(16)21-20(27)24-9-7-22(8-10-24)15-18(25)23-11-13-28-14-12-23/h3-6H,2,7-15H2,1H3,(H,21,27). The van der Waals surface area contributed by atoms with Gasteiger partial charge in [-0.25, -0.2) is 9.59 Å². The van der Waals surface area contributed by atoms with Crippen LogP contribution >= 0.6 is 0 Å². The lowest BCUT2D eigenvalue weighted by molar-refractivity contribution is -0.136. The first-order valence-corrected chi connectivity index (χ1v) is 9.98. The Bertz CT molecular complexity index is 727. The van der Waals surface area contributed by atoms with Crippen LogP contribution in [-0.4, -0.2) is 98.2 Å². The van der Waals surface area contributed by atoms with E-state index in [2.05, 4.69) is 10.2 Å². The lowest BCUT2D eigenvalue weighted by atomic mass is 10.2. The van der Waals surface area contributed by atoms with E-state index in [1.165, 1.54) is 0 Å². The Balaban J connectivity index is 1.49. The summed E-state index contributed by atoms with van der Waals surface area (Å²) in [5, 5.41) is 2.81. The molecule has 0 spiro atoms. The van der Waals surface area contributed by atoms with Crippen LogP contribution in [0.2, 0.25) is 0 Å². The largest absolute Gasteiger partial charge is 0.462 e. The van der Waals surface area contributed by atoms with E-state index < -0.39 is 5.97 Å². The van der Waals surface area contributed by atoms with Crippen LogP contribution in [0.1, 0.15) is 17.3 Å². The summed E-state index contributed by atoms with van der Waals surface area (Å²) in [5.41, 5.74) is 0.762. The molecule has 2 heterocycles. The number of ether oxygens (including phenoxy) is 2. The van der Waals surface area contributed by atoms with Gasteiger partial charge < -0.3 is 24.6 Å². The molecule has 9 heteroatoms. The number of hydrogen-bond acceptors (Lipinski definition) is 6. The molecule has 0 unspecified atom stereocenters. The Hall–Kier alpha value is -2.65. The van der Waals surface area contributed by atoms with Crippen LogP contribution in [0.15, 0.2) is 24.3 Å². The Kier molecular flexibility index (Phi) is 7.42. The molecule has 1 aromatic carbocycles. The summed E-state index contributed by atoms with van der Waals surface area (Å²) in [5.74, 6) is -0.357. The molecule has 3 rings (SSSR count). The fourth-order valence-electron chi connectivity index (χ4n) is 3.39. The van der Waals surface area contributed by atoms with Crippen molar-refractivity contribution in [1.29, 1.82) is 0 Å². The number of amides is 3. The average Bonchev–Trinajstić information content (AvgIpc) is 2.75. The van der Waals surface area contributed by atoms with Gasteiger partial charge in [0.05, 0.1) is 37.6 Å². The number of benzene rings is 1. The average molecular weight is 404 g/mol. The van der Waals surface area contributed by atoms with Gasteiger partial charge in [-0.15, -0.1) is 0 Å². The zero-order valence-electron chi connectivity index (χ0n) is 16.8. The van der Waals surface area contributed by atoms with Gasteiger partial charge in [-0.05, 0) is 19.1 Å². The second-order valence-electron chi connectivity index (χ2n) is 6.95. The van der Waals surface area contributed by atoms with Crippen LogP contribution < -0.4 is 5.32 Å². The smallest absolute Gasteiger partial charge is 0.340 e. The summed E-state index contributed by atoms with van der Waals surface area (Å²) in [6.07, 6.45) is 0. The number of morpholine rings is 1. The molecule has 3 amide bonds. The van der Waals surface area contributed by atoms with Gasteiger partial charge >= 0.3 is 12.0 Å². The second-order valence-corrected chi connectivity index (χ2v) is 6.95. The predicted molar refractivity (Wildman–Crippen MR) is 107 cm³/mol. The topological polar surface area (TPSA) is 91.4 Å². The van der Waals surface area contributed by atoms with E-state index in [1.54, 1.807) is 36.1 Å². The van der Waals surface area contributed by atoms with Crippen LogP contribution in [0, 0.1) is 0 Å². The van der Waals surface area contributed by atoms with E-state index in [4.69, 9.17) is 9.47 Å². The fourth-order valence-corrected chi connectivity index (χ4v) is 3.39. The Morgan fingerprint density at radius 1 is 1.00 bits per heavy atom. The van der Waals surface area contributed by atoms with Gasteiger partial charge in [-0.3, -0.25) is 9.69 Å². The third-order valence-corrected chi connectivity index (χ3v) is 5.05. The fraction of sp³-hybridized carbons (Fsp3) is 0.550. The van der Waals surface area contributed by atoms with Gasteiger partial charge in [0, 0.05) is 39.3 Å². The molecule has 158 valence electrons. The van der Waals surface area contributed by atoms with Crippen molar-refractivity contribution in [3.05, 3.63) is 29.8 Å². The van der Waals surface area contributed by atoms with Gasteiger partial charge in [0.25, 0.3) is 0 Å². The van der Waals surface area contributed by atoms with E-state index in [9.17, 15) is 14.4 Å². The third-order valence-electron chi connectivity index (χ3n) is 5.05. The van der Waals surface area contributed by atoms with Crippen molar-refractivity contribution in [3.8, 4) is 0 Å².